The zero-order chi connectivity index (χ0) is 16.7. The molecule has 0 bridgehead atoms. The Kier molecular flexibility index (Phi) is 8.30. The van der Waals surface area contributed by atoms with Crippen molar-refractivity contribution < 1.29 is 9.53 Å². The van der Waals surface area contributed by atoms with Crippen molar-refractivity contribution in [2.45, 2.75) is 25.8 Å². The highest BCUT2D eigenvalue weighted by molar-refractivity contribution is 5.85. The van der Waals surface area contributed by atoms with Gasteiger partial charge in [0.2, 0.25) is 0 Å². The molecular weight excluding hydrogens is 324 g/mol. The second kappa shape index (κ2) is 9.96. The number of hydrogen-bond donors (Lipinski definition) is 2. The molecule has 130 valence electrons. The Morgan fingerprint density at radius 3 is 2.25 bits per heavy atom. The molecule has 3 N–H and O–H groups in total. The number of benzene rings is 2. The first-order chi connectivity index (χ1) is 11.1. The minimum absolute atomic E-state index is 0. The van der Waals surface area contributed by atoms with Crippen LogP contribution >= 0.6 is 12.4 Å². The molecule has 1 atom stereocenters. The van der Waals surface area contributed by atoms with Crippen LogP contribution < -0.4 is 15.8 Å². The van der Waals surface area contributed by atoms with Gasteiger partial charge in [-0.1, -0.05) is 56.3 Å². The lowest BCUT2D eigenvalue weighted by molar-refractivity contribution is -0.123. The van der Waals surface area contributed by atoms with Crippen LogP contribution in [-0.4, -0.2) is 19.1 Å². The number of halogens is 1. The molecule has 4 nitrogen and oxygen atoms in total. The van der Waals surface area contributed by atoms with Crippen molar-refractivity contribution in [1.29, 1.82) is 0 Å². The Labute approximate surface area is 149 Å². The Hall–Kier alpha value is -2.04. The van der Waals surface area contributed by atoms with Crippen molar-refractivity contribution in [3.8, 4) is 5.75 Å². The number of ether oxygens (including phenoxy) is 1. The number of amides is 1. The van der Waals surface area contributed by atoms with Crippen LogP contribution in [-0.2, 0) is 4.79 Å². The van der Waals surface area contributed by atoms with E-state index in [1.807, 2.05) is 54.6 Å². The lowest BCUT2D eigenvalue weighted by atomic mass is 10.0. The zero-order valence-electron chi connectivity index (χ0n) is 14.1. The molecule has 0 aromatic heterocycles. The maximum absolute atomic E-state index is 11.8. The summed E-state index contributed by atoms with van der Waals surface area (Å²) in [5.74, 6) is 0.994. The fraction of sp³-hybridized carbons (Fsp3) is 0.316. The van der Waals surface area contributed by atoms with E-state index in [4.69, 9.17) is 10.5 Å². The third kappa shape index (κ3) is 6.22. The van der Waals surface area contributed by atoms with Crippen molar-refractivity contribution in [3.05, 3.63) is 65.7 Å². The van der Waals surface area contributed by atoms with E-state index in [9.17, 15) is 4.79 Å². The van der Waals surface area contributed by atoms with Crippen molar-refractivity contribution in [3.63, 3.8) is 0 Å². The summed E-state index contributed by atoms with van der Waals surface area (Å²) in [4.78, 5) is 11.8. The quantitative estimate of drug-likeness (QED) is 0.805. The maximum Gasteiger partial charge on any atom is 0.258 e. The van der Waals surface area contributed by atoms with Gasteiger partial charge in [-0.05, 0) is 29.2 Å². The van der Waals surface area contributed by atoms with Crippen molar-refractivity contribution in [1.82, 2.24) is 5.32 Å². The minimum atomic E-state index is -0.217. The van der Waals surface area contributed by atoms with Crippen LogP contribution in [0.5, 0.6) is 5.75 Å². The minimum Gasteiger partial charge on any atom is -0.484 e. The number of carbonyl (C=O) groups is 1. The highest BCUT2D eigenvalue weighted by Crippen LogP contribution is 2.18. The molecule has 2 rings (SSSR count). The number of rotatable bonds is 7. The van der Waals surface area contributed by atoms with Gasteiger partial charge >= 0.3 is 0 Å². The Balaban J connectivity index is 0.00000288. The van der Waals surface area contributed by atoms with Gasteiger partial charge in [-0.25, -0.2) is 0 Å². The van der Waals surface area contributed by atoms with Gasteiger partial charge < -0.3 is 15.8 Å². The van der Waals surface area contributed by atoms with E-state index >= 15 is 0 Å². The topological polar surface area (TPSA) is 64.3 Å². The van der Waals surface area contributed by atoms with Crippen LogP contribution in [0.25, 0.3) is 0 Å². The van der Waals surface area contributed by atoms with Gasteiger partial charge in [0, 0.05) is 12.6 Å². The van der Waals surface area contributed by atoms with Crippen molar-refractivity contribution in [2.24, 2.45) is 5.73 Å². The van der Waals surface area contributed by atoms with Gasteiger partial charge in [0.15, 0.2) is 6.61 Å². The lowest BCUT2D eigenvalue weighted by Crippen LogP contribution is -2.35. The van der Waals surface area contributed by atoms with E-state index in [-0.39, 0.29) is 31.0 Å². The molecule has 0 saturated heterocycles. The molecule has 0 aliphatic heterocycles. The van der Waals surface area contributed by atoms with E-state index in [0.717, 1.165) is 5.56 Å². The normalized spacial score (nSPS) is 11.5. The lowest BCUT2D eigenvalue weighted by Gasteiger charge is -2.13. The van der Waals surface area contributed by atoms with Crippen LogP contribution in [0.4, 0.5) is 0 Å². The monoisotopic (exact) mass is 348 g/mol. The van der Waals surface area contributed by atoms with Gasteiger partial charge in [0.1, 0.15) is 5.75 Å². The summed E-state index contributed by atoms with van der Waals surface area (Å²) in [5.41, 5.74) is 8.28. The van der Waals surface area contributed by atoms with Crippen LogP contribution in [0.1, 0.15) is 36.9 Å². The molecule has 0 spiro atoms. The van der Waals surface area contributed by atoms with Crippen molar-refractivity contribution in [2.75, 3.05) is 13.2 Å². The molecule has 2 aromatic carbocycles. The SMILES string of the molecule is CC(C)c1ccc(OCC(=O)NCC(N)c2ccccc2)cc1.Cl. The van der Waals surface area contributed by atoms with Gasteiger partial charge in [0.25, 0.3) is 5.91 Å². The fourth-order valence-corrected chi connectivity index (χ4v) is 2.19. The van der Waals surface area contributed by atoms with Crippen LogP contribution in [0.2, 0.25) is 0 Å². The third-order valence-electron chi connectivity index (χ3n) is 3.66. The third-order valence-corrected chi connectivity index (χ3v) is 3.66. The first kappa shape index (κ1) is 20.0. The highest BCUT2D eigenvalue weighted by atomic mass is 35.5. The van der Waals surface area contributed by atoms with Crippen molar-refractivity contribution >= 4 is 18.3 Å². The predicted octanol–water partition coefficient (Wildman–Crippen LogP) is 3.43. The van der Waals surface area contributed by atoms with Gasteiger partial charge in [-0.2, -0.15) is 0 Å². The standard InChI is InChI=1S/C19H24N2O2.ClH/c1-14(2)15-8-10-17(11-9-15)23-13-19(22)21-12-18(20)16-6-4-3-5-7-16;/h3-11,14,18H,12-13,20H2,1-2H3,(H,21,22);1H. The summed E-state index contributed by atoms with van der Waals surface area (Å²) >= 11 is 0. The van der Waals surface area contributed by atoms with Gasteiger partial charge in [-0.3, -0.25) is 4.79 Å². The smallest absolute Gasteiger partial charge is 0.258 e. The van der Waals surface area contributed by atoms with Gasteiger partial charge in [0.05, 0.1) is 0 Å². The van der Waals surface area contributed by atoms with Crippen LogP contribution in [0.3, 0.4) is 0 Å². The average Bonchev–Trinajstić information content (AvgIpc) is 2.59. The number of nitrogens with one attached hydrogen (secondary N) is 1. The molecule has 1 unspecified atom stereocenters. The summed E-state index contributed by atoms with van der Waals surface area (Å²) in [5, 5.41) is 2.79. The molecule has 24 heavy (non-hydrogen) atoms. The Morgan fingerprint density at radius 1 is 1.04 bits per heavy atom. The molecule has 5 heteroatoms. The number of hydrogen-bond acceptors (Lipinski definition) is 3. The summed E-state index contributed by atoms with van der Waals surface area (Å²) < 4.78 is 5.49. The van der Waals surface area contributed by atoms with E-state index in [2.05, 4.69) is 19.2 Å². The Bertz CT molecular complexity index is 615. The first-order valence-electron chi connectivity index (χ1n) is 7.86. The predicted molar refractivity (Wildman–Crippen MR) is 99.7 cm³/mol. The molecule has 0 saturated carbocycles. The van der Waals surface area contributed by atoms with Crippen LogP contribution in [0, 0.1) is 0 Å². The first-order valence-corrected chi connectivity index (χ1v) is 7.86. The summed E-state index contributed by atoms with van der Waals surface area (Å²) in [6, 6.07) is 17.3. The number of nitrogens with two attached hydrogens (primary N) is 1. The van der Waals surface area contributed by atoms with E-state index in [0.29, 0.717) is 18.2 Å². The number of carbonyl (C=O) groups excluding carboxylic acids is 1. The zero-order valence-corrected chi connectivity index (χ0v) is 14.9. The van der Waals surface area contributed by atoms with Gasteiger partial charge in [-0.15, -0.1) is 12.4 Å². The molecule has 0 aliphatic rings. The summed E-state index contributed by atoms with van der Waals surface area (Å²) in [6.45, 7) is 4.65. The summed E-state index contributed by atoms with van der Waals surface area (Å²) in [7, 11) is 0. The maximum atomic E-state index is 11.8. The van der Waals surface area contributed by atoms with E-state index in [1.165, 1.54) is 5.56 Å². The molecule has 1 amide bonds. The highest BCUT2D eigenvalue weighted by Gasteiger charge is 2.08. The summed E-state index contributed by atoms with van der Waals surface area (Å²) in [6.07, 6.45) is 0. The Morgan fingerprint density at radius 2 is 1.67 bits per heavy atom. The van der Waals surface area contributed by atoms with E-state index in [1.54, 1.807) is 0 Å². The molecule has 0 fully saturated rings. The van der Waals surface area contributed by atoms with E-state index < -0.39 is 0 Å². The second-order valence-electron chi connectivity index (χ2n) is 5.83. The molecule has 0 radical (unpaired) electrons. The second-order valence-corrected chi connectivity index (χ2v) is 5.83. The molecule has 0 aliphatic carbocycles. The molecular formula is C19H25ClN2O2. The average molecular weight is 349 g/mol. The van der Waals surface area contributed by atoms with Crippen LogP contribution in [0.15, 0.2) is 54.6 Å². The fourth-order valence-electron chi connectivity index (χ4n) is 2.19. The largest absolute Gasteiger partial charge is 0.484 e. The molecule has 2 aromatic rings. The molecule has 0 heterocycles.